The zero-order valence-corrected chi connectivity index (χ0v) is 17.3. The molecule has 8 heteroatoms. The molecule has 1 heterocycles. The summed E-state index contributed by atoms with van der Waals surface area (Å²) in [6.45, 7) is 3.08. The Balaban J connectivity index is 1.71. The molecule has 0 radical (unpaired) electrons. The van der Waals surface area contributed by atoms with Gasteiger partial charge in [-0.2, -0.15) is 4.31 Å². The van der Waals surface area contributed by atoms with Crippen LogP contribution in [0.25, 0.3) is 6.08 Å². The van der Waals surface area contributed by atoms with E-state index < -0.39 is 20.0 Å². The Bertz CT molecular complexity index is 1030. The van der Waals surface area contributed by atoms with Crippen molar-refractivity contribution in [3.8, 4) is 0 Å². The van der Waals surface area contributed by atoms with Crippen molar-refractivity contribution in [3.05, 3.63) is 65.6 Å². The monoisotopic (exact) mass is 420 g/mol. The van der Waals surface area contributed by atoms with Gasteiger partial charge in [0.05, 0.1) is 10.3 Å². The van der Waals surface area contributed by atoms with Crippen LogP contribution in [-0.4, -0.2) is 34.2 Å². The van der Waals surface area contributed by atoms with Crippen molar-refractivity contribution in [1.82, 2.24) is 4.31 Å². The fourth-order valence-electron chi connectivity index (χ4n) is 3.14. The highest BCUT2D eigenvalue weighted by molar-refractivity contribution is 7.95. The van der Waals surface area contributed by atoms with Crippen LogP contribution in [0, 0.1) is 5.92 Å². The van der Waals surface area contributed by atoms with E-state index in [2.05, 4.69) is 4.72 Å². The van der Waals surface area contributed by atoms with Gasteiger partial charge in [-0.25, -0.2) is 16.8 Å². The topological polar surface area (TPSA) is 83.6 Å². The quantitative estimate of drug-likeness (QED) is 0.775. The standard InChI is InChI=1S/C20H24N2O4S2/c1-17-6-5-14-22(16-17)28(25,26)20-11-9-19(10-12-20)21-27(23,24)15-13-18-7-3-2-4-8-18/h2-4,7-13,15,17,21H,5-6,14,16H2,1H3/b15-13+. The maximum Gasteiger partial charge on any atom is 0.255 e. The second-order valence-corrected chi connectivity index (χ2v) is 10.5. The molecule has 1 saturated heterocycles. The Morgan fingerprint density at radius 2 is 1.68 bits per heavy atom. The van der Waals surface area contributed by atoms with Gasteiger partial charge >= 0.3 is 0 Å². The fraction of sp³-hybridized carbons (Fsp3) is 0.300. The first-order chi connectivity index (χ1) is 13.3. The van der Waals surface area contributed by atoms with Crippen LogP contribution >= 0.6 is 0 Å². The average Bonchev–Trinajstić information content (AvgIpc) is 2.67. The predicted molar refractivity (Wildman–Crippen MR) is 112 cm³/mol. The highest BCUT2D eigenvalue weighted by Gasteiger charge is 2.28. The summed E-state index contributed by atoms with van der Waals surface area (Å²) in [5.41, 5.74) is 1.08. The van der Waals surface area contributed by atoms with E-state index in [0.717, 1.165) is 23.8 Å². The first-order valence-corrected chi connectivity index (χ1v) is 12.1. The number of hydrogen-bond donors (Lipinski definition) is 1. The number of nitrogens with one attached hydrogen (secondary N) is 1. The van der Waals surface area contributed by atoms with E-state index >= 15 is 0 Å². The van der Waals surface area contributed by atoms with Crippen molar-refractivity contribution in [1.29, 1.82) is 0 Å². The van der Waals surface area contributed by atoms with E-state index in [0.29, 0.717) is 24.7 Å². The normalized spacial score (nSPS) is 19.0. The molecule has 28 heavy (non-hydrogen) atoms. The number of piperidine rings is 1. The molecule has 1 aliphatic rings. The Morgan fingerprint density at radius 1 is 1.00 bits per heavy atom. The van der Waals surface area contributed by atoms with Crippen LogP contribution in [0.1, 0.15) is 25.3 Å². The number of benzene rings is 2. The minimum absolute atomic E-state index is 0.171. The van der Waals surface area contributed by atoms with Crippen molar-refractivity contribution in [2.75, 3.05) is 17.8 Å². The third-order valence-corrected chi connectivity index (χ3v) is 7.51. The molecule has 1 unspecified atom stereocenters. The first kappa shape index (κ1) is 20.6. The second kappa shape index (κ2) is 8.46. The lowest BCUT2D eigenvalue weighted by atomic mass is 10.0. The minimum Gasteiger partial charge on any atom is -0.280 e. The lowest BCUT2D eigenvalue weighted by molar-refractivity contribution is 0.281. The molecule has 0 aromatic heterocycles. The number of sulfonamides is 2. The van der Waals surface area contributed by atoms with Gasteiger partial charge < -0.3 is 0 Å². The predicted octanol–water partition coefficient (Wildman–Crippen LogP) is 3.52. The van der Waals surface area contributed by atoms with E-state index in [4.69, 9.17) is 0 Å². The Labute approximate surface area is 167 Å². The van der Waals surface area contributed by atoms with Crippen LogP contribution in [-0.2, 0) is 20.0 Å². The summed E-state index contributed by atoms with van der Waals surface area (Å²) in [6.07, 6.45) is 3.38. The third kappa shape index (κ3) is 5.21. The summed E-state index contributed by atoms with van der Waals surface area (Å²) >= 11 is 0. The summed E-state index contributed by atoms with van der Waals surface area (Å²) in [6, 6.07) is 14.9. The van der Waals surface area contributed by atoms with Gasteiger partial charge in [0.1, 0.15) is 0 Å². The smallest absolute Gasteiger partial charge is 0.255 e. The molecule has 2 aromatic rings. The largest absolute Gasteiger partial charge is 0.280 e. The van der Waals surface area contributed by atoms with Crippen LogP contribution in [0.2, 0.25) is 0 Å². The Kier molecular flexibility index (Phi) is 6.22. The van der Waals surface area contributed by atoms with E-state index in [1.807, 2.05) is 25.1 Å². The lowest BCUT2D eigenvalue weighted by Gasteiger charge is -2.30. The molecule has 0 saturated carbocycles. The van der Waals surface area contributed by atoms with Crippen LogP contribution in [0.15, 0.2) is 64.9 Å². The lowest BCUT2D eigenvalue weighted by Crippen LogP contribution is -2.39. The minimum atomic E-state index is -3.70. The van der Waals surface area contributed by atoms with E-state index in [-0.39, 0.29) is 4.90 Å². The molecule has 3 rings (SSSR count). The zero-order chi connectivity index (χ0) is 20.2. The molecule has 1 aliphatic heterocycles. The molecule has 1 atom stereocenters. The summed E-state index contributed by atoms with van der Waals surface area (Å²) in [4.78, 5) is 0.171. The van der Waals surface area contributed by atoms with Crippen LogP contribution in [0.5, 0.6) is 0 Å². The van der Waals surface area contributed by atoms with Crippen molar-refractivity contribution < 1.29 is 16.8 Å². The van der Waals surface area contributed by atoms with Gasteiger partial charge in [-0.05, 0) is 54.7 Å². The number of rotatable bonds is 6. The molecule has 0 spiro atoms. The molecule has 0 amide bonds. The molecule has 6 nitrogen and oxygen atoms in total. The molecule has 2 aromatic carbocycles. The maximum absolute atomic E-state index is 12.8. The van der Waals surface area contributed by atoms with Gasteiger partial charge in [0.2, 0.25) is 10.0 Å². The number of anilines is 1. The van der Waals surface area contributed by atoms with Gasteiger partial charge in [-0.15, -0.1) is 0 Å². The second-order valence-electron chi connectivity index (χ2n) is 7.00. The van der Waals surface area contributed by atoms with Crippen molar-refractivity contribution in [3.63, 3.8) is 0 Å². The maximum atomic E-state index is 12.8. The fourth-order valence-corrected chi connectivity index (χ4v) is 5.61. The summed E-state index contributed by atoms with van der Waals surface area (Å²) < 4.78 is 53.9. The van der Waals surface area contributed by atoms with Gasteiger partial charge in [-0.1, -0.05) is 37.3 Å². The molecular formula is C20H24N2O4S2. The zero-order valence-electron chi connectivity index (χ0n) is 15.7. The van der Waals surface area contributed by atoms with E-state index in [1.54, 1.807) is 12.1 Å². The molecule has 1 N–H and O–H groups in total. The van der Waals surface area contributed by atoms with Gasteiger partial charge in [0.15, 0.2) is 0 Å². The third-order valence-electron chi connectivity index (χ3n) is 4.61. The molecular weight excluding hydrogens is 396 g/mol. The summed E-state index contributed by atoms with van der Waals surface area (Å²) in [7, 11) is -7.26. The van der Waals surface area contributed by atoms with Crippen LogP contribution < -0.4 is 4.72 Å². The highest BCUT2D eigenvalue weighted by Crippen LogP contribution is 2.24. The van der Waals surface area contributed by atoms with E-state index in [1.165, 1.54) is 34.6 Å². The van der Waals surface area contributed by atoms with E-state index in [9.17, 15) is 16.8 Å². The van der Waals surface area contributed by atoms with Crippen molar-refractivity contribution in [2.45, 2.75) is 24.7 Å². The number of nitrogens with zero attached hydrogens (tertiary/aromatic N) is 1. The van der Waals surface area contributed by atoms with Crippen LogP contribution in [0.4, 0.5) is 5.69 Å². The molecule has 1 fully saturated rings. The number of hydrogen-bond acceptors (Lipinski definition) is 4. The Morgan fingerprint density at radius 3 is 2.32 bits per heavy atom. The Hall–Kier alpha value is -2.16. The highest BCUT2D eigenvalue weighted by atomic mass is 32.2. The van der Waals surface area contributed by atoms with Crippen LogP contribution in [0.3, 0.4) is 0 Å². The molecule has 0 bridgehead atoms. The van der Waals surface area contributed by atoms with Gasteiger partial charge in [-0.3, -0.25) is 4.72 Å². The average molecular weight is 421 g/mol. The molecule has 0 aliphatic carbocycles. The SMILES string of the molecule is CC1CCCN(S(=O)(=O)c2ccc(NS(=O)(=O)/C=C/c3ccccc3)cc2)C1. The summed E-state index contributed by atoms with van der Waals surface area (Å²) in [5, 5.41) is 1.09. The summed E-state index contributed by atoms with van der Waals surface area (Å²) in [5.74, 6) is 0.339. The van der Waals surface area contributed by atoms with Crippen molar-refractivity contribution >= 4 is 31.8 Å². The molecule has 150 valence electrons. The first-order valence-electron chi connectivity index (χ1n) is 9.12. The van der Waals surface area contributed by atoms with Crippen molar-refractivity contribution in [2.24, 2.45) is 5.92 Å². The van der Waals surface area contributed by atoms with Gasteiger partial charge in [0, 0.05) is 18.8 Å². The van der Waals surface area contributed by atoms with Gasteiger partial charge in [0.25, 0.3) is 10.0 Å².